The molecule has 2 rings (SSSR count). The van der Waals surface area contributed by atoms with Gasteiger partial charge in [-0.1, -0.05) is 26.7 Å². The van der Waals surface area contributed by atoms with Crippen LogP contribution >= 0.6 is 0 Å². The lowest BCUT2D eigenvalue weighted by molar-refractivity contribution is 0.0131. The molecule has 0 bridgehead atoms. The summed E-state index contributed by atoms with van der Waals surface area (Å²) in [7, 11) is 0. The van der Waals surface area contributed by atoms with Gasteiger partial charge in [0.25, 0.3) is 0 Å². The predicted octanol–water partition coefficient (Wildman–Crippen LogP) is 3.75. The fourth-order valence-corrected chi connectivity index (χ4v) is 3.54. The van der Waals surface area contributed by atoms with Crippen LogP contribution in [0.15, 0.2) is 0 Å². The maximum atomic E-state index is 10.1. The van der Waals surface area contributed by atoms with E-state index in [1.807, 2.05) is 0 Å². The van der Waals surface area contributed by atoms with Crippen LogP contribution in [-0.4, -0.2) is 11.2 Å². The number of rotatable bonds is 1. The lowest BCUT2D eigenvalue weighted by Gasteiger charge is -2.41. The highest BCUT2D eigenvalue weighted by atomic mass is 16.3. The summed E-state index contributed by atoms with van der Waals surface area (Å²) in [6, 6.07) is 0. The minimum atomic E-state index is 0.0185. The van der Waals surface area contributed by atoms with Crippen LogP contribution < -0.4 is 0 Å². The second-order valence-corrected chi connectivity index (χ2v) is 6.52. The molecule has 0 aromatic carbocycles. The van der Waals surface area contributed by atoms with Crippen molar-refractivity contribution in [2.24, 2.45) is 17.3 Å². The molecule has 0 radical (unpaired) electrons. The Labute approximate surface area is 94.3 Å². The zero-order valence-corrected chi connectivity index (χ0v) is 10.3. The van der Waals surface area contributed by atoms with E-state index in [2.05, 4.69) is 13.8 Å². The molecule has 0 heterocycles. The van der Waals surface area contributed by atoms with E-state index in [-0.39, 0.29) is 6.10 Å². The number of aliphatic hydroxyl groups excluding tert-OH is 1. The zero-order chi connectivity index (χ0) is 10.9. The minimum Gasteiger partial charge on any atom is -0.393 e. The van der Waals surface area contributed by atoms with Crippen molar-refractivity contribution in [2.45, 2.75) is 71.3 Å². The van der Waals surface area contributed by atoms with Crippen molar-refractivity contribution in [3.05, 3.63) is 0 Å². The fraction of sp³-hybridized carbons (Fsp3) is 1.00. The summed E-state index contributed by atoms with van der Waals surface area (Å²) < 4.78 is 0. The molecule has 0 spiro atoms. The standard InChI is InChI=1S/C14H26O/c1-14(2)9-7-11(8-10-14)12-5-3-4-6-13(12)15/h11-13,15H,3-10H2,1-2H3. The summed E-state index contributed by atoms with van der Waals surface area (Å²) in [5, 5.41) is 10.1. The molecule has 1 heteroatoms. The van der Waals surface area contributed by atoms with Crippen molar-refractivity contribution in [1.82, 2.24) is 0 Å². The van der Waals surface area contributed by atoms with E-state index in [4.69, 9.17) is 0 Å². The maximum Gasteiger partial charge on any atom is 0.0571 e. The van der Waals surface area contributed by atoms with Gasteiger partial charge in [0, 0.05) is 0 Å². The molecule has 1 nitrogen and oxygen atoms in total. The molecule has 0 aliphatic heterocycles. The zero-order valence-electron chi connectivity index (χ0n) is 10.3. The van der Waals surface area contributed by atoms with Crippen molar-refractivity contribution in [3.8, 4) is 0 Å². The van der Waals surface area contributed by atoms with Crippen LogP contribution in [0.25, 0.3) is 0 Å². The molecule has 0 amide bonds. The number of aliphatic hydroxyl groups is 1. The Morgan fingerprint density at radius 1 is 0.933 bits per heavy atom. The van der Waals surface area contributed by atoms with Gasteiger partial charge in [-0.15, -0.1) is 0 Å². The first-order chi connectivity index (χ1) is 7.08. The molecule has 0 aromatic rings. The molecule has 88 valence electrons. The summed E-state index contributed by atoms with van der Waals surface area (Å²) in [6.07, 6.45) is 10.4. The van der Waals surface area contributed by atoms with Crippen molar-refractivity contribution in [1.29, 1.82) is 0 Å². The topological polar surface area (TPSA) is 20.2 Å². The van der Waals surface area contributed by atoms with Crippen LogP contribution in [0.4, 0.5) is 0 Å². The van der Waals surface area contributed by atoms with Crippen LogP contribution in [0.5, 0.6) is 0 Å². The lowest BCUT2D eigenvalue weighted by Crippen LogP contribution is -2.34. The molecular formula is C14H26O. The number of hydrogen-bond acceptors (Lipinski definition) is 1. The predicted molar refractivity (Wildman–Crippen MR) is 63.7 cm³/mol. The summed E-state index contributed by atoms with van der Waals surface area (Å²) in [5.41, 5.74) is 0.566. The average Bonchev–Trinajstić information content (AvgIpc) is 2.19. The van der Waals surface area contributed by atoms with Crippen LogP contribution in [0.1, 0.15) is 65.2 Å². The number of hydrogen-bond donors (Lipinski definition) is 1. The maximum absolute atomic E-state index is 10.1. The molecule has 2 aliphatic carbocycles. The molecular weight excluding hydrogens is 184 g/mol. The van der Waals surface area contributed by atoms with Crippen LogP contribution in [-0.2, 0) is 0 Å². The van der Waals surface area contributed by atoms with Crippen molar-refractivity contribution in [3.63, 3.8) is 0 Å². The Bertz CT molecular complexity index is 199. The van der Waals surface area contributed by atoms with Crippen molar-refractivity contribution < 1.29 is 5.11 Å². The van der Waals surface area contributed by atoms with Gasteiger partial charge in [0.2, 0.25) is 0 Å². The van der Waals surface area contributed by atoms with E-state index < -0.39 is 0 Å². The van der Waals surface area contributed by atoms with Gasteiger partial charge in [-0.3, -0.25) is 0 Å². The highest BCUT2D eigenvalue weighted by molar-refractivity contribution is 4.86. The van der Waals surface area contributed by atoms with Gasteiger partial charge in [0.1, 0.15) is 0 Å². The Morgan fingerprint density at radius 3 is 2.13 bits per heavy atom. The molecule has 0 aromatic heterocycles. The Morgan fingerprint density at radius 2 is 1.53 bits per heavy atom. The lowest BCUT2D eigenvalue weighted by atomic mass is 9.66. The van der Waals surface area contributed by atoms with Gasteiger partial charge in [-0.05, 0) is 55.8 Å². The van der Waals surface area contributed by atoms with Gasteiger partial charge >= 0.3 is 0 Å². The monoisotopic (exact) mass is 210 g/mol. The normalized spacial score (nSPS) is 37.8. The third kappa shape index (κ3) is 2.75. The van der Waals surface area contributed by atoms with Gasteiger partial charge in [-0.2, -0.15) is 0 Å². The molecule has 2 saturated carbocycles. The van der Waals surface area contributed by atoms with E-state index in [1.165, 1.54) is 44.9 Å². The molecule has 2 unspecified atom stereocenters. The van der Waals surface area contributed by atoms with Gasteiger partial charge in [0.15, 0.2) is 0 Å². The molecule has 15 heavy (non-hydrogen) atoms. The molecule has 2 atom stereocenters. The van der Waals surface area contributed by atoms with Gasteiger partial charge in [-0.25, -0.2) is 0 Å². The van der Waals surface area contributed by atoms with Crippen molar-refractivity contribution in [2.75, 3.05) is 0 Å². The summed E-state index contributed by atoms with van der Waals surface area (Å²) in [6.45, 7) is 4.78. The van der Waals surface area contributed by atoms with Gasteiger partial charge in [0.05, 0.1) is 6.10 Å². The second-order valence-electron chi connectivity index (χ2n) is 6.52. The second kappa shape index (κ2) is 4.45. The SMILES string of the molecule is CC1(C)CCC(C2CCCCC2O)CC1. The first-order valence-electron chi connectivity index (χ1n) is 6.76. The molecule has 2 aliphatic rings. The first kappa shape index (κ1) is 11.4. The van der Waals surface area contributed by atoms with E-state index in [0.717, 1.165) is 12.3 Å². The smallest absolute Gasteiger partial charge is 0.0571 e. The van der Waals surface area contributed by atoms with E-state index in [1.54, 1.807) is 0 Å². The highest BCUT2D eigenvalue weighted by Gasteiger charge is 2.35. The molecule has 1 N–H and O–H groups in total. The Kier molecular flexibility index (Phi) is 3.39. The van der Waals surface area contributed by atoms with Gasteiger partial charge < -0.3 is 5.11 Å². The first-order valence-corrected chi connectivity index (χ1v) is 6.76. The Hall–Kier alpha value is -0.0400. The third-order valence-electron chi connectivity index (χ3n) is 4.77. The quantitative estimate of drug-likeness (QED) is 0.699. The van der Waals surface area contributed by atoms with E-state index >= 15 is 0 Å². The average molecular weight is 210 g/mol. The third-order valence-corrected chi connectivity index (χ3v) is 4.77. The molecule has 2 fully saturated rings. The largest absolute Gasteiger partial charge is 0.393 e. The van der Waals surface area contributed by atoms with E-state index in [9.17, 15) is 5.11 Å². The summed E-state index contributed by atoms with van der Waals surface area (Å²) in [5.74, 6) is 1.46. The minimum absolute atomic E-state index is 0.0185. The van der Waals surface area contributed by atoms with Crippen LogP contribution in [0, 0.1) is 17.3 Å². The van der Waals surface area contributed by atoms with Crippen LogP contribution in [0.2, 0.25) is 0 Å². The highest BCUT2D eigenvalue weighted by Crippen LogP contribution is 2.44. The van der Waals surface area contributed by atoms with Crippen LogP contribution in [0.3, 0.4) is 0 Å². The van der Waals surface area contributed by atoms with Crippen molar-refractivity contribution >= 4 is 0 Å². The van der Waals surface area contributed by atoms with E-state index in [0.29, 0.717) is 11.3 Å². The summed E-state index contributed by atoms with van der Waals surface area (Å²) in [4.78, 5) is 0. The molecule has 0 saturated heterocycles. The fourth-order valence-electron chi connectivity index (χ4n) is 3.54. The Balaban J connectivity index is 1.89. The summed E-state index contributed by atoms with van der Waals surface area (Å²) >= 11 is 0.